The van der Waals surface area contributed by atoms with E-state index in [-0.39, 0.29) is 25.1 Å². The number of nitrogens with two attached hydrogens (primary N) is 1. The van der Waals surface area contributed by atoms with Crippen LogP contribution in [0.3, 0.4) is 0 Å². The van der Waals surface area contributed by atoms with Gasteiger partial charge in [0.1, 0.15) is 0 Å². The molecule has 6 heteroatoms. The standard InChI is InChI=1S/C11H16ClNO3.ClH/c1-15-9-4-3-7(8(13)5-6-14)10(12)11(9)16-2;/h3-4,8,14H,5-6,13H2,1-2H3;1H. The molecule has 0 aliphatic carbocycles. The summed E-state index contributed by atoms with van der Waals surface area (Å²) in [4.78, 5) is 0. The summed E-state index contributed by atoms with van der Waals surface area (Å²) in [6.07, 6.45) is 0.454. The van der Waals surface area contributed by atoms with Crippen molar-refractivity contribution in [3.05, 3.63) is 22.7 Å². The number of hydrogen-bond donors (Lipinski definition) is 2. The minimum absolute atomic E-state index is 0. The molecule has 0 spiro atoms. The molecule has 0 amide bonds. The Balaban J connectivity index is 0.00000256. The fraction of sp³-hybridized carbons (Fsp3) is 0.455. The zero-order chi connectivity index (χ0) is 12.1. The van der Waals surface area contributed by atoms with Crippen molar-refractivity contribution in [1.29, 1.82) is 0 Å². The van der Waals surface area contributed by atoms with Crippen molar-refractivity contribution in [2.75, 3.05) is 20.8 Å². The first kappa shape index (κ1) is 16.3. The Labute approximate surface area is 112 Å². The molecule has 0 saturated heterocycles. The second kappa shape index (κ2) is 7.61. The maximum Gasteiger partial charge on any atom is 0.179 e. The lowest BCUT2D eigenvalue weighted by molar-refractivity contribution is 0.276. The van der Waals surface area contributed by atoms with Gasteiger partial charge in [-0.25, -0.2) is 0 Å². The van der Waals surface area contributed by atoms with Crippen molar-refractivity contribution in [2.24, 2.45) is 5.73 Å². The van der Waals surface area contributed by atoms with E-state index in [0.29, 0.717) is 22.9 Å². The average molecular weight is 282 g/mol. The van der Waals surface area contributed by atoms with Crippen LogP contribution >= 0.6 is 24.0 Å². The number of ether oxygens (including phenoxy) is 2. The molecule has 3 N–H and O–H groups in total. The summed E-state index contributed by atoms with van der Waals surface area (Å²) >= 11 is 6.16. The van der Waals surface area contributed by atoms with Gasteiger partial charge in [-0.2, -0.15) is 0 Å². The smallest absolute Gasteiger partial charge is 0.179 e. The van der Waals surface area contributed by atoms with Crippen LogP contribution in [-0.2, 0) is 0 Å². The molecule has 17 heavy (non-hydrogen) atoms. The molecule has 0 saturated carbocycles. The third-order valence-electron chi connectivity index (χ3n) is 2.35. The monoisotopic (exact) mass is 281 g/mol. The van der Waals surface area contributed by atoms with E-state index in [9.17, 15) is 0 Å². The maximum atomic E-state index is 8.84. The number of methoxy groups -OCH3 is 2. The maximum absolute atomic E-state index is 8.84. The van der Waals surface area contributed by atoms with Crippen LogP contribution in [-0.4, -0.2) is 25.9 Å². The van der Waals surface area contributed by atoms with E-state index in [2.05, 4.69) is 0 Å². The first-order valence-corrected chi connectivity index (χ1v) is 5.30. The largest absolute Gasteiger partial charge is 0.493 e. The Morgan fingerprint density at radius 1 is 1.35 bits per heavy atom. The van der Waals surface area contributed by atoms with Gasteiger partial charge in [0.25, 0.3) is 0 Å². The van der Waals surface area contributed by atoms with Crippen molar-refractivity contribution in [3.63, 3.8) is 0 Å². The molecular formula is C11H17Cl2NO3. The Hall–Kier alpha value is -0.680. The lowest BCUT2D eigenvalue weighted by Gasteiger charge is -2.16. The van der Waals surface area contributed by atoms with Gasteiger partial charge in [-0.3, -0.25) is 0 Å². The van der Waals surface area contributed by atoms with Crippen molar-refractivity contribution < 1.29 is 14.6 Å². The van der Waals surface area contributed by atoms with Gasteiger partial charge in [0.05, 0.1) is 19.2 Å². The minimum atomic E-state index is -0.308. The van der Waals surface area contributed by atoms with Gasteiger partial charge >= 0.3 is 0 Å². The molecule has 1 atom stereocenters. The number of aliphatic hydroxyl groups excluding tert-OH is 1. The van der Waals surface area contributed by atoms with Gasteiger partial charge in [0.15, 0.2) is 11.5 Å². The van der Waals surface area contributed by atoms with Crippen molar-refractivity contribution in [3.8, 4) is 11.5 Å². The van der Waals surface area contributed by atoms with E-state index in [0.717, 1.165) is 5.56 Å². The summed E-state index contributed by atoms with van der Waals surface area (Å²) in [7, 11) is 3.06. The number of hydrogen-bond acceptors (Lipinski definition) is 4. The van der Waals surface area contributed by atoms with E-state index >= 15 is 0 Å². The molecule has 0 fully saturated rings. The van der Waals surface area contributed by atoms with Crippen LogP contribution in [0.2, 0.25) is 5.02 Å². The second-order valence-electron chi connectivity index (χ2n) is 3.32. The zero-order valence-corrected chi connectivity index (χ0v) is 11.3. The zero-order valence-electron chi connectivity index (χ0n) is 9.77. The molecule has 0 radical (unpaired) electrons. The van der Waals surface area contributed by atoms with E-state index in [1.54, 1.807) is 19.2 Å². The van der Waals surface area contributed by atoms with E-state index in [1.165, 1.54) is 7.11 Å². The van der Waals surface area contributed by atoms with Crippen LogP contribution in [0.5, 0.6) is 11.5 Å². The van der Waals surface area contributed by atoms with Gasteiger partial charge in [-0.1, -0.05) is 17.7 Å². The SMILES string of the molecule is COc1ccc(C(N)CCO)c(Cl)c1OC.Cl. The molecule has 0 bridgehead atoms. The lowest BCUT2D eigenvalue weighted by atomic mass is 10.0. The quantitative estimate of drug-likeness (QED) is 0.868. The predicted octanol–water partition coefficient (Wildman–Crippen LogP) is 2.16. The van der Waals surface area contributed by atoms with E-state index in [1.807, 2.05) is 0 Å². The Bertz CT molecular complexity index is 361. The molecule has 0 aliphatic heterocycles. The summed E-state index contributed by atoms with van der Waals surface area (Å²) < 4.78 is 10.3. The number of aliphatic hydroxyl groups is 1. The summed E-state index contributed by atoms with van der Waals surface area (Å²) in [6.45, 7) is 0.0197. The van der Waals surface area contributed by atoms with Gasteiger partial charge in [0.2, 0.25) is 0 Å². The molecule has 1 unspecified atom stereocenters. The molecule has 0 aliphatic rings. The first-order valence-electron chi connectivity index (χ1n) is 4.92. The minimum Gasteiger partial charge on any atom is -0.493 e. The molecule has 0 aromatic heterocycles. The Morgan fingerprint density at radius 2 is 2.00 bits per heavy atom. The number of benzene rings is 1. The van der Waals surface area contributed by atoms with E-state index < -0.39 is 0 Å². The third kappa shape index (κ3) is 3.64. The van der Waals surface area contributed by atoms with Crippen molar-refractivity contribution in [2.45, 2.75) is 12.5 Å². The lowest BCUT2D eigenvalue weighted by Crippen LogP contribution is -2.13. The van der Waals surface area contributed by atoms with Gasteiger partial charge in [-0.15, -0.1) is 12.4 Å². The fourth-order valence-electron chi connectivity index (χ4n) is 1.49. The van der Waals surface area contributed by atoms with Gasteiger partial charge in [-0.05, 0) is 18.1 Å². The van der Waals surface area contributed by atoms with Gasteiger partial charge in [0, 0.05) is 12.6 Å². The van der Waals surface area contributed by atoms with Crippen LogP contribution in [0.15, 0.2) is 12.1 Å². The molecular weight excluding hydrogens is 265 g/mol. The topological polar surface area (TPSA) is 64.7 Å². The van der Waals surface area contributed by atoms with Crippen LogP contribution in [0.1, 0.15) is 18.0 Å². The molecule has 0 heterocycles. The van der Waals surface area contributed by atoms with Crippen LogP contribution < -0.4 is 15.2 Å². The Kier molecular flexibility index (Phi) is 7.30. The molecule has 1 rings (SSSR count). The molecule has 4 nitrogen and oxygen atoms in total. The summed E-state index contributed by atoms with van der Waals surface area (Å²) in [6, 6.07) is 3.22. The van der Waals surface area contributed by atoms with Crippen molar-refractivity contribution >= 4 is 24.0 Å². The first-order chi connectivity index (χ1) is 7.65. The summed E-state index contributed by atoms with van der Waals surface area (Å²) in [5.74, 6) is 1.03. The number of halogens is 2. The van der Waals surface area contributed by atoms with Crippen molar-refractivity contribution in [1.82, 2.24) is 0 Å². The third-order valence-corrected chi connectivity index (χ3v) is 2.74. The van der Waals surface area contributed by atoms with Crippen LogP contribution in [0.4, 0.5) is 0 Å². The second-order valence-corrected chi connectivity index (χ2v) is 3.70. The summed E-state index contributed by atoms with van der Waals surface area (Å²) in [5, 5.41) is 9.27. The van der Waals surface area contributed by atoms with Crippen LogP contribution in [0, 0.1) is 0 Å². The summed E-state index contributed by atoms with van der Waals surface area (Å²) in [5.41, 5.74) is 6.62. The predicted molar refractivity (Wildman–Crippen MR) is 70.4 cm³/mol. The highest BCUT2D eigenvalue weighted by Crippen LogP contribution is 2.39. The average Bonchev–Trinajstić information content (AvgIpc) is 2.28. The van der Waals surface area contributed by atoms with Gasteiger partial charge < -0.3 is 20.3 Å². The Morgan fingerprint density at radius 3 is 2.47 bits per heavy atom. The fourth-order valence-corrected chi connectivity index (χ4v) is 1.86. The highest BCUT2D eigenvalue weighted by Gasteiger charge is 2.17. The molecule has 98 valence electrons. The molecule has 1 aromatic carbocycles. The van der Waals surface area contributed by atoms with Crippen LogP contribution in [0.25, 0.3) is 0 Å². The molecule has 1 aromatic rings. The van der Waals surface area contributed by atoms with E-state index in [4.69, 9.17) is 31.9 Å². The highest BCUT2D eigenvalue weighted by molar-refractivity contribution is 6.33. The number of rotatable bonds is 5. The normalized spacial score (nSPS) is 11.6. The highest BCUT2D eigenvalue weighted by atomic mass is 35.5.